The van der Waals surface area contributed by atoms with Crippen molar-refractivity contribution in [1.29, 1.82) is 0 Å². The van der Waals surface area contributed by atoms with Crippen molar-refractivity contribution in [3.8, 4) is 0 Å². The van der Waals surface area contributed by atoms with E-state index in [1.54, 1.807) is 0 Å². The van der Waals surface area contributed by atoms with Gasteiger partial charge in [0, 0.05) is 32.3 Å². The van der Waals surface area contributed by atoms with Crippen molar-refractivity contribution in [3.63, 3.8) is 0 Å². The van der Waals surface area contributed by atoms with E-state index in [2.05, 4.69) is 0 Å². The smallest absolute Gasteiger partial charge is 0.282 e. The summed E-state index contributed by atoms with van der Waals surface area (Å²) in [6, 6.07) is 3.71. The first kappa shape index (κ1) is 13.6. The van der Waals surface area contributed by atoms with Gasteiger partial charge in [-0.05, 0) is 18.2 Å². The summed E-state index contributed by atoms with van der Waals surface area (Å²) in [5, 5.41) is 0.220. The fourth-order valence-electron chi connectivity index (χ4n) is 0.684. The molecule has 0 aliphatic rings. The van der Waals surface area contributed by atoms with E-state index in [4.69, 9.17) is 27.8 Å². The predicted molar refractivity (Wildman–Crippen MR) is 46.3 cm³/mol. The molecule has 13 heavy (non-hydrogen) atoms. The van der Waals surface area contributed by atoms with Gasteiger partial charge in [-0.3, -0.25) is 4.55 Å². The van der Waals surface area contributed by atoms with E-state index in [9.17, 15) is 8.42 Å². The summed E-state index contributed by atoms with van der Waals surface area (Å²) in [5.74, 6) is 0. The molecule has 0 atom stereocenters. The zero-order chi connectivity index (χ0) is 9.35. The second-order valence-corrected chi connectivity index (χ2v) is 4.28. The van der Waals surface area contributed by atoms with Gasteiger partial charge in [0.15, 0.2) is 0 Å². The number of halogens is 2. The average Bonchev–Trinajstić information content (AvgIpc) is 1.83. The van der Waals surface area contributed by atoms with Gasteiger partial charge in [0.2, 0.25) is 0 Å². The summed E-state index contributed by atoms with van der Waals surface area (Å²) >= 11 is 11.0. The van der Waals surface area contributed by atoms with E-state index in [1.807, 2.05) is 0 Å². The third kappa shape index (κ3) is 3.70. The number of benzene rings is 1. The molecule has 3 nitrogen and oxygen atoms in total. The van der Waals surface area contributed by atoms with Crippen LogP contribution in [0, 0.1) is 0 Å². The third-order valence-corrected chi connectivity index (χ3v) is 2.74. The molecule has 0 radical (unpaired) electrons. The van der Waals surface area contributed by atoms with Crippen LogP contribution in [0.3, 0.4) is 0 Å². The Hall–Kier alpha value is 0.632. The normalized spacial score (nSPS) is 10.7. The monoisotopic (exact) mass is 340 g/mol. The first-order valence-electron chi connectivity index (χ1n) is 2.84. The number of hydrogen-bond acceptors (Lipinski definition) is 2. The maximum atomic E-state index is 10.6. The van der Waals surface area contributed by atoms with Crippen LogP contribution in [-0.4, -0.2) is 13.0 Å². The summed E-state index contributed by atoms with van der Waals surface area (Å²) in [7, 11) is -4.24. The molecular formula is C6H4CdCl2O3S. The quantitative estimate of drug-likeness (QED) is 0.631. The Morgan fingerprint density at radius 1 is 1.23 bits per heavy atom. The summed E-state index contributed by atoms with van der Waals surface area (Å²) < 4.78 is 29.8. The summed E-state index contributed by atoms with van der Waals surface area (Å²) in [6.45, 7) is 0. The minimum absolute atomic E-state index is 0. The molecule has 0 heterocycles. The van der Waals surface area contributed by atoms with E-state index in [0.29, 0.717) is 5.02 Å². The van der Waals surface area contributed by atoms with Gasteiger partial charge < -0.3 is 0 Å². The molecule has 1 aromatic rings. The number of rotatable bonds is 1. The van der Waals surface area contributed by atoms with Crippen molar-refractivity contribution < 1.29 is 40.3 Å². The van der Waals surface area contributed by atoms with Crippen LogP contribution < -0.4 is 0 Å². The summed E-state index contributed by atoms with van der Waals surface area (Å²) in [6.07, 6.45) is 0. The summed E-state index contributed by atoms with van der Waals surface area (Å²) in [5.41, 5.74) is 0. The fraction of sp³-hybridized carbons (Fsp3) is 0. The average molecular weight is 339 g/mol. The second kappa shape index (κ2) is 4.92. The third-order valence-electron chi connectivity index (χ3n) is 1.17. The van der Waals surface area contributed by atoms with Gasteiger partial charge >= 0.3 is 0 Å². The van der Waals surface area contributed by atoms with Gasteiger partial charge in [-0.2, -0.15) is 8.42 Å². The molecular weight excluding hydrogens is 335 g/mol. The SMILES string of the molecule is O=S(=O)(O)c1ccc(Cl)cc1Cl.[Cd]. The molecule has 0 amide bonds. The largest absolute Gasteiger partial charge is 0.296 e. The van der Waals surface area contributed by atoms with Crippen LogP contribution in [0.15, 0.2) is 23.1 Å². The molecule has 0 unspecified atom stereocenters. The fourth-order valence-corrected chi connectivity index (χ4v) is 1.93. The minimum atomic E-state index is -4.24. The molecule has 0 saturated carbocycles. The van der Waals surface area contributed by atoms with Crippen molar-refractivity contribution in [2.75, 3.05) is 0 Å². The van der Waals surface area contributed by atoms with Crippen LogP contribution in [0.5, 0.6) is 0 Å². The van der Waals surface area contributed by atoms with Crippen LogP contribution in [0.2, 0.25) is 10.0 Å². The van der Waals surface area contributed by atoms with Crippen molar-refractivity contribution in [2.45, 2.75) is 4.90 Å². The molecule has 0 fully saturated rings. The maximum Gasteiger partial charge on any atom is 0.296 e. The molecule has 1 N–H and O–H groups in total. The van der Waals surface area contributed by atoms with Crippen molar-refractivity contribution >= 4 is 33.3 Å². The molecule has 0 aliphatic carbocycles. The van der Waals surface area contributed by atoms with Gasteiger partial charge in [0.1, 0.15) is 4.90 Å². The van der Waals surface area contributed by atoms with Crippen LogP contribution in [-0.2, 0) is 37.4 Å². The Kier molecular flexibility index (Phi) is 5.16. The van der Waals surface area contributed by atoms with Crippen LogP contribution in [0.4, 0.5) is 0 Å². The first-order valence-corrected chi connectivity index (χ1v) is 5.03. The van der Waals surface area contributed by atoms with Gasteiger partial charge in [0.05, 0.1) is 5.02 Å². The maximum absolute atomic E-state index is 10.6. The van der Waals surface area contributed by atoms with Gasteiger partial charge in [0.25, 0.3) is 10.1 Å². The van der Waals surface area contributed by atoms with E-state index in [1.165, 1.54) is 12.1 Å². The van der Waals surface area contributed by atoms with Crippen molar-refractivity contribution in [1.82, 2.24) is 0 Å². The second-order valence-electron chi connectivity index (χ2n) is 2.05. The Morgan fingerprint density at radius 3 is 2.15 bits per heavy atom. The van der Waals surface area contributed by atoms with E-state index in [0.717, 1.165) is 6.07 Å². The molecule has 1 aromatic carbocycles. The van der Waals surface area contributed by atoms with E-state index >= 15 is 0 Å². The van der Waals surface area contributed by atoms with Crippen LogP contribution in [0.1, 0.15) is 0 Å². The molecule has 68 valence electrons. The zero-order valence-corrected chi connectivity index (χ0v) is 12.7. The molecule has 7 heteroatoms. The number of hydrogen-bond donors (Lipinski definition) is 1. The Morgan fingerprint density at radius 2 is 1.77 bits per heavy atom. The molecule has 0 aromatic heterocycles. The van der Waals surface area contributed by atoms with Crippen LogP contribution >= 0.6 is 23.2 Å². The first-order chi connectivity index (χ1) is 5.41. The predicted octanol–water partition coefficient (Wildman–Crippen LogP) is 2.24. The minimum Gasteiger partial charge on any atom is -0.282 e. The van der Waals surface area contributed by atoms with Crippen LogP contribution in [0.25, 0.3) is 0 Å². The van der Waals surface area contributed by atoms with Crippen molar-refractivity contribution in [2.24, 2.45) is 0 Å². The molecule has 0 bridgehead atoms. The van der Waals surface area contributed by atoms with Crippen molar-refractivity contribution in [3.05, 3.63) is 28.2 Å². The summed E-state index contributed by atoms with van der Waals surface area (Å²) in [4.78, 5) is -0.339. The van der Waals surface area contributed by atoms with E-state index in [-0.39, 0.29) is 37.2 Å². The molecule has 0 aliphatic heterocycles. The van der Waals surface area contributed by atoms with Gasteiger partial charge in [-0.25, -0.2) is 0 Å². The van der Waals surface area contributed by atoms with Gasteiger partial charge in [-0.15, -0.1) is 0 Å². The Balaban J connectivity index is 0.00000144. The Labute approximate surface area is 106 Å². The zero-order valence-electron chi connectivity index (χ0n) is 6.37. The Bertz CT molecular complexity index is 404. The van der Waals surface area contributed by atoms with E-state index < -0.39 is 10.1 Å². The van der Waals surface area contributed by atoms with Gasteiger partial charge in [-0.1, -0.05) is 23.2 Å². The molecule has 1 rings (SSSR count). The molecule has 0 spiro atoms. The molecule has 0 saturated heterocycles. The standard InChI is InChI=1S/C6H4Cl2O3S.Cd/c7-4-1-2-6(5(8)3-4)12(9,10)11;/h1-3H,(H,9,10,11);. The topological polar surface area (TPSA) is 54.4 Å².